The van der Waals surface area contributed by atoms with Crippen LogP contribution in [0, 0.1) is 0 Å². The van der Waals surface area contributed by atoms with Crippen molar-refractivity contribution in [3.63, 3.8) is 0 Å². The molecule has 2 heterocycles. The van der Waals surface area contributed by atoms with Crippen LogP contribution in [0.2, 0.25) is 0 Å². The van der Waals surface area contributed by atoms with Crippen molar-refractivity contribution in [3.8, 4) is 17.2 Å². The number of aryl methyl sites for hydroxylation is 1. The summed E-state index contributed by atoms with van der Waals surface area (Å²) in [5.41, 5.74) is 2.65. The minimum atomic E-state index is -0.467. The van der Waals surface area contributed by atoms with E-state index < -0.39 is 6.04 Å². The minimum Gasteiger partial charge on any atom is -0.493 e. The maximum absolute atomic E-state index is 12.9. The largest absolute Gasteiger partial charge is 0.493 e. The zero-order valence-electron chi connectivity index (χ0n) is 19.7. The Morgan fingerprint density at radius 2 is 1.85 bits per heavy atom. The number of likely N-dealkylation sites (tertiary alicyclic amines) is 1. The van der Waals surface area contributed by atoms with Gasteiger partial charge in [-0.1, -0.05) is 12.1 Å². The predicted molar refractivity (Wildman–Crippen MR) is 127 cm³/mol. The van der Waals surface area contributed by atoms with Crippen molar-refractivity contribution in [2.75, 3.05) is 27.9 Å². The first-order chi connectivity index (χ1) is 16.5. The van der Waals surface area contributed by atoms with Crippen LogP contribution in [-0.4, -0.2) is 60.6 Å². The topological polar surface area (TPSA) is 106 Å². The van der Waals surface area contributed by atoms with Gasteiger partial charge in [0.05, 0.1) is 32.4 Å². The van der Waals surface area contributed by atoms with Crippen LogP contribution in [0.3, 0.4) is 0 Å². The van der Waals surface area contributed by atoms with Crippen molar-refractivity contribution < 1.29 is 23.8 Å². The maximum Gasteiger partial charge on any atom is 0.243 e. The number of hydrogen-bond donors (Lipinski definition) is 2. The highest BCUT2D eigenvalue weighted by atomic mass is 16.5. The molecule has 0 unspecified atom stereocenters. The second-order valence-corrected chi connectivity index (χ2v) is 8.20. The van der Waals surface area contributed by atoms with Crippen molar-refractivity contribution in [1.29, 1.82) is 0 Å². The van der Waals surface area contributed by atoms with Gasteiger partial charge >= 0.3 is 0 Å². The molecule has 1 saturated heterocycles. The molecule has 0 aliphatic carbocycles. The summed E-state index contributed by atoms with van der Waals surface area (Å²) in [7, 11) is 4.64. The molecule has 0 spiro atoms. The lowest BCUT2D eigenvalue weighted by Gasteiger charge is -2.24. The summed E-state index contributed by atoms with van der Waals surface area (Å²) in [6.45, 7) is 0.869. The van der Waals surface area contributed by atoms with Gasteiger partial charge in [-0.3, -0.25) is 9.59 Å². The van der Waals surface area contributed by atoms with E-state index in [4.69, 9.17) is 14.2 Å². The molecule has 180 valence electrons. The molecule has 0 saturated carbocycles. The van der Waals surface area contributed by atoms with Crippen LogP contribution in [0.4, 0.5) is 0 Å². The van der Waals surface area contributed by atoms with E-state index in [0.29, 0.717) is 43.1 Å². The van der Waals surface area contributed by atoms with Crippen LogP contribution in [-0.2, 0) is 22.6 Å². The Bertz CT molecular complexity index is 1120. The Balaban J connectivity index is 1.36. The lowest BCUT2D eigenvalue weighted by Crippen LogP contribution is -2.45. The highest BCUT2D eigenvalue weighted by molar-refractivity contribution is 5.88. The summed E-state index contributed by atoms with van der Waals surface area (Å²) in [5.74, 6) is 2.12. The van der Waals surface area contributed by atoms with Crippen LogP contribution in [0.25, 0.3) is 11.0 Å². The molecule has 3 aromatic rings. The average molecular weight is 467 g/mol. The van der Waals surface area contributed by atoms with Crippen LogP contribution >= 0.6 is 0 Å². The number of methoxy groups -OCH3 is 3. The molecule has 1 atom stereocenters. The number of para-hydroxylation sites is 2. The Hall–Kier alpha value is -3.75. The summed E-state index contributed by atoms with van der Waals surface area (Å²) in [4.78, 5) is 35.3. The fourth-order valence-corrected chi connectivity index (χ4v) is 4.38. The Kier molecular flexibility index (Phi) is 7.20. The number of aromatic nitrogens is 2. The first-order valence-electron chi connectivity index (χ1n) is 11.3. The number of H-pyrrole nitrogens is 1. The minimum absolute atomic E-state index is 0.0362. The zero-order valence-corrected chi connectivity index (χ0v) is 19.7. The van der Waals surface area contributed by atoms with Gasteiger partial charge < -0.3 is 29.4 Å². The monoisotopic (exact) mass is 466 g/mol. The van der Waals surface area contributed by atoms with Gasteiger partial charge in [-0.25, -0.2) is 4.98 Å². The van der Waals surface area contributed by atoms with Gasteiger partial charge in [0.1, 0.15) is 11.9 Å². The maximum atomic E-state index is 12.9. The van der Waals surface area contributed by atoms with Gasteiger partial charge in [-0.05, 0) is 42.7 Å². The summed E-state index contributed by atoms with van der Waals surface area (Å²) in [6.07, 6.45) is 2.26. The number of fused-ring (bicyclic) bond motifs is 1. The van der Waals surface area contributed by atoms with Crippen molar-refractivity contribution in [1.82, 2.24) is 20.2 Å². The Morgan fingerprint density at radius 3 is 2.53 bits per heavy atom. The third kappa shape index (κ3) is 4.93. The molecular formula is C25H30N4O5. The summed E-state index contributed by atoms with van der Waals surface area (Å²) in [6, 6.07) is 10.9. The van der Waals surface area contributed by atoms with Crippen molar-refractivity contribution >= 4 is 22.8 Å². The Labute approximate surface area is 198 Å². The summed E-state index contributed by atoms with van der Waals surface area (Å²) >= 11 is 0. The van der Waals surface area contributed by atoms with Gasteiger partial charge in [-0.15, -0.1) is 0 Å². The molecule has 0 radical (unpaired) electrons. The van der Waals surface area contributed by atoms with Gasteiger partial charge in [0.25, 0.3) is 0 Å². The molecule has 2 N–H and O–H groups in total. The first-order valence-corrected chi connectivity index (χ1v) is 11.3. The van der Waals surface area contributed by atoms with Crippen molar-refractivity contribution in [2.45, 2.75) is 38.3 Å². The predicted octanol–water partition coefficient (Wildman–Crippen LogP) is 2.83. The number of rotatable bonds is 9. The second kappa shape index (κ2) is 10.5. The van der Waals surface area contributed by atoms with Gasteiger partial charge in [0.15, 0.2) is 11.5 Å². The SMILES string of the molecule is COc1cc(CNC(=O)[C@@H]2CCCN2C(=O)CCc2nc3ccccc3[nH]2)cc(OC)c1OC. The zero-order chi connectivity index (χ0) is 24.1. The average Bonchev–Trinajstić information content (AvgIpc) is 3.52. The second-order valence-electron chi connectivity index (χ2n) is 8.20. The third-order valence-corrected chi connectivity index (χ3v) is 6.08. The number of carbonyl (C=O) groups is 2. The highest BCUT2D eigenvalue weighted by Gasteiger charge is 2.33. The lowest BCUT2D eigenvalue weighted by atomic mass is 10.1. The number of aromatic amines is 1. The van der Waals surface area contributed by atoms with Gasteiger partial charge in [0, 0.05) is 25.9 Å². The van der Waals surface area contributed by atoms with Crippen LogP contribution in [0.1, 0.15) is 30.7 Å². The normalized spacial score (nSPS) is 15.4. The van der Waals surface area contributed by atoms with Crippen LogP contribution in [0.15, 0.2) is 36.4 Å². The molecule has 0 bridgehead atoms. The highest BCUT2D eigenvalue weighted by Crippen LogP contribution is 2.38. The lowest BCUT2D eigenvalue weighted by molar-refractivity contribution is -0.138. The molecular weight excluding hydrogens is 436 g/mol. The number of hydrogen-bond acceptors (Lipinski definition) is 6. The molecule has 1 fully saturated rings. The number of nitrogens with one attached hydrogen (secondary N) is 2. The number of ether oxygens (including phenoxy) is 3. The summed E-state index contributed by atoms with van der Waals surface area (Å²) < 4.78 is 16.1. The standard InChI is InChI=1S/C25H30N4O5/c1-32-20-13-16(14-21(33-2)24(20)34-3)15-26-25(31)19-9-6-12-29(19)23(30)11-10-22-27-17-7-4-5-8-18(17)28-22/h4-5,7-8,13-14,19H,6,9-12,15H2,1-3H3,(H,26,31)(H,27,28)/t19-/m0/s1. The summed E-state index contributed by atoms with van der Waals surface area (Å²) in [5, 5.41) is 2.95. The fraction of sp³-hybridized carbons (Fsp3) is 0.400. The molecule has 1 aliphatic rings. The number of carbonyl (C=O) groups excluding carboxylic acids is 2. The van der Waals surface area contributed by atoms with E-state index in [2.05, 4.69) is 15.3 Å². The van der Waals surface area contributed by atoms with Crippen molar-refractivity contribution in [3.05, 3.63) is 47.8 Å². The fourth-order valence-electron chi connectivity index (χ4n) is 4.38. The molecule has 1 aromatic heterocycles. The van der Waals surface area contributed by atoms with Crippen molar-refractivity contribution in [2.24, 2.45) is 0 Å². The van der Waals surface area contributed by atoms with Gasteiger partial charge in [-0.2, -0.15) is 0 Å². The third-order valence-electron chi connectivity index (χ3n) is 6.08. The van der Waals surface area contributed by atoms with Crippen LogP contribution in [0.5, 0.6) is 17.2 Å². The van der Waals surface area contributed by atoms with E-state index in [1.54, 1.807) is 38.4 Å². The quantitative estimate of drug-likeness (QED) is 0.502. The number of amides is 2. The molecule has 34 heavy (non-hydrogen) atoms. The van der Waals surface area contributed by atoms with E-state index in [9.17, 15) is 9.59 Å². The molecule has 1 aliphatic heterocycles. The number of imidazole rings is 1. The van der Waals surface area contributed by atoms with E-state index in [-0.39, 0.29) is 18.4 Å². The molecule has 9 nitrogen and oxygen atoms in total. The smallest absolute Gasteiger partial charge is 0.243 e. The molecule has 9 heteroatoms. The van der Waals surface area contributed by atoms with Gasteiger partial charge in [0.2, 0.25) is 17.6 Å². The van der Waals surface area contributed by atoms with Crippen LogP contribution < -0.4 is 19.5 Å². The van der Waals surface area contributed by atoms with E-state index >= 15 is 0 Å². The number of nitrogens with zero attached hydrogens (tertiary/aromatic N) is 2. The molecule has 2 amide bonds. The number of benzene rings is 2. The molecule has 2 aromatic carbocycles. The Morgan fingerprint density at radius 1 is 1.12 bits per heavy atom. The molecule has 4 rings (SSSR count). The first kappa shape index (κ1) is 23.4. The van der Waals surface area contributed by atoms with E-state index in [0.717, 1.165) is 28.8 Å². The van der Waals surface area contributed by atoms with E-state index in [1.807, 2.05) is 24.3 Å². The van der Waals surface area contributed by atoms with E-state index in [1.165, 1.54) is 0 Å².